The number of hydrogen-bond donors (Lipinski definition) is 1. The highest BCUT2D eigenvalue weighted by Gasteiger charge is 2.10. The molecule has 2 rings (SSSR count). The lowest BCUT2D eigenvalue weighted by Gasteiger charge is -2.07. The maximum absolute atomic E-state index is 13.0. The van der Waals surface area contributed by atoms with Gasteiger partial charge in [0.15, 0.2) is 0 Å². The second-order valence-electron chi connectivity index (χ2n) is 4.26. The van der Waals surface area contributed by atoms with Crippen molar-refractivity contribution in [3.8, 4) is 0 Å². The predicted octanol–water partition coefficient (Wildman–Crippen LogP) is 3.59. The zero-order valence-electron chi connectivity index (χ0n) is 10.5. The van der Waals surface area contributed by atoms with Crippen LogP contribution >= 0.6 is 11.6 Å². The minimum absolute atomic E-state index is 0.0632. The summed E-state index contributed by atoms with van der Waals surface area (Å²) in [5, 5.41) is 2.72. The molecule has 0 atom stereocenters. The van der Waals surface area contributed by atoms with Crippen LogP contribution in [0.5, 0.6) is 0 Å². The van der Waals surface area contributed by atoms with Crippen LogP contribution < -0.4 is 5.32 Å². The summed E-state index contributed by atoms with van der Waals surface area (Å²) in [6.45, 7) is 0.343. The van der Waals surface area contributed by atoms with E-state index < -0.39 is 5.82 Å². The molecular weight excluding hydrogens is 284 g/mol. The Hall–Kier alpha value is -1.94. The fourth-order valence-corrected chi connectivity index (χ4v) is 2.03. The van der Waals surface area contributed by atoms with Crippen LogP contribution in [-0.2, 0) is 6.42 Å². The van der Waals surface area contributed by atoms with E-state index in [-0.39, 0.29) is 22.3 Å². The van der Waals surface area contributed by atoms with Crippen LogP contribution in [0.3, 0.4) is 0 Å². The minimum Gasteiger partial charge on any atom is -0.352 e. The molecule has 104 valence electrons. The summed E-state index contributed by atoms with van der Waals surface area (Å²) in [6, 6.07) is 9.76. The fraction of sp³-hybridized carbons (Fsp3) is 0.133. The first-order chi connectivity index (χ1) is 9.56. The van der Waals surface area contributed by atoms with Crippen LogP contribution in [0.25, 0.3) is 0 Å². The Morgan fingerprint density at radius 2 is 1.85 bits per heavy atom. The van der Waals surface area contributed by atoms with E-state index in [1.165, 1.54) is 24.3 Å². The van der Waals surface area contributed by atoms with Gasteiger partial charge in [0.1, 0.15) is 11.6 Å². The second kappa shape index (κ2) is 6.48. The van der Waals surface area contributed by atoms with Gasteiger partial charge in [-0.3, -0.25) is 4.79 Å². The van der Waals surface area contributed by atoms with Crippen molar-refractivity contribution in [3.63, 3.8) is 0 Å². The summed E-state index contributed by atoms with van der Waals surface area (Å²) in [6.07, 6.45) is 0.502. The van der Waals surface area contributed by atoms with Gasteiger partial charge >= 0.3 is 0 Å². The molecule has 0 fully saturated rings. The van der Waals surface area contributed by atoms with Crippen molar-refractivity contribution in [3.05, 3.63) is 70.2 Å². The van der Waals surface area contributed by atoms with E-state index in [4.69, 9.17) is 11.6 Å². The molecule has 0 unspecified atom stereocenters. The molecule has 0 saturated heterocycles. The number of carbonyl (C=O) groups is 1. The van der Waals surface area contributed by atoms with E-state index in [1.54, 1.807) is 12.1 Å². The number of amides is 1. The second-order valence-corrected chi connectivity index (χ2v) is 4.67. The molecule has 0 spiro atoms. The Labute approximate surface area is 120 Å². The summed E-state index contributed by atoms with van der Waals surface area (Å²) in [5.41, 5.74) is 1.00. The Morgan fingerprint density at radius 3 is 2.55 bits per heavy atom. The first-order valence-corrected chi connectivity index (χ1v) is 6.42. The van der Waals surface area contributed by atoms with Gasteiger partial charge in [0, 0.05) is 6.54 Å². The SMILES string of the molecule is O=C(NCCc1cccc(F)c1)c1ccc(F)cc1Cl. The highest BCUT2D eigenvalue weighted by Crippen LogP contribution is 2.17. The Morgan fingerprint density at radius 1 is 1.10 bits per heavy atom. The molecule has 0 aliphatic carbocycles. The molecule has 0 radical (unpaired) electrons. The third-order valence-corrected chi connectivity index (χ3v) is 3.08. The number of carbonyl (C=O) groups excluding carboxylic acids is 1. The number of hydrogen-bond acceptors (Lipinski definition) is 1. The summed E-state index contributed by atoms with van der Waals surface area (Å²) in [5.74, 6) is -1.19. The Balaban J connectivity index is 1.92. The van der Waals surface area contributed by atoms with Crippen molar-refractivity contribution in [2.24, 2.45) is 0 Å². The van der Waals surface area contributed by atoms with Gasteiger partial charge in [0.25, 0.3) is 5.91 Å². The topological polar surface area (TPSA) is 29.1 Å². The molecule has 0 heterocycles. The van der Waals surface area contributed by atoms with Gasteiger partial charge in [-0.25, -0.2) is 8.78 Å². The largest absolute Gasteiger partial charge is 0.352 e. The first kappa shape index (κ1) is 14.5. The zero-order chi connectivity index (χ0) is 14.5. The van der Waals surface area contributed by atoms with E-state index in [2.05, 4.69) is 5.32 Å². The normalized spacial score (nSPS) is 10.3. The lowest BCUT2D eigenvalue weighted by Crippen LogP contribution is -2.26. The van der Waals surface area contributed by atoms with Gasteiger partial charge in [0.05, 0.1) is 10.6 Å². The van der Waals surface area contributed by atoms with E-state index in [9.17, 15) is 13.6 Å². The molecule has 20 heavy (non-hydrogen) atoms. The quantitative estimate of drug-likeness (QED) is 0.917. The third kappa shape index (κ3) is 3.78. The molecule has 2 aromatic rings. The summed E-state index contributed by atoms with van der Waals surface area (Å²) in [7, 11) is 0. The minimum atomic E-state index is -0.494. The maximum Gasteiger partial charge on any atom is 0.252 e. The van der Waals surface area contributed by atoms with Crippen molar-refractivity contribution in [1.29, 1.82) is 0 Å². The van der Waals surface area contributed by atoms with Gasteiger partial charge in [-0.1, -0.05) is 23.7 Å². The van der Waals surface area contributed by atoms with Gasteiger partial charge in [-0.05, 0) is 42.3 Å². The molecule has 0 aliphatic rings. The average Bonchev–Trinajstić information content (AvgIpc) is 2.38. The molecule has 0 aromatic heterocycles. The van der Waals surface area contributed by atoms with Crippen molar-refractivity contribution in [1.82, 2.24) is 5.32 Å². The maximum atomic E-state index is 13.0. The average molecular weight is 296 g/mol. The van der Waals surface area contributed by atoms with Crippen LogP contribution in [-0.4, -0.2) is 12.5 Å². The van der Waals surface area contributed by atoms with E-state index in [1.807, 2.05) is 0 Å². The number of benzene rings is 2. The van der Waals surface area contributed by atoms with Crippen molar-refractivity contribution >= 4 is 17.5 Å². The van der Waals surface area contributed by atoms with Crippen molar-refractivity contribution < 1.29 is 13.6 Å². The van der Waals surface area contributed by atoms with E-state index >= 15 is 0 Å². The summed E-state index contributed by atoms with van der Waals surface area (Å²) < 4.78 is 25.8. The molecule has 0 saturated carbocycles. The smallest absolute Gasteiger partial charge is 0.252 e. The highest BCUT2D eigenvalue weighted by molar-refractivity contribution is 6.33. The van der Waals surface area contributed by atoms with Crippen LogP contribution in [0.4, 0.5) is 8.78 Å². The fourth-order valence-electron chi connectivity index (χ4n) is 1.78. The molecular formula is C15H12ClF2NO. The van der Waals surface area contributed by atoms with Crippen LogP contribution in [0.2, 0.25) is 5.02 Å². The van der Waals surface area contributed by atoms with Gasteiger partial charge < -0.3 is 5.32 Å². The molecule has 1 amide bonds. The molecule has 2 aromatic carbocycles. The molecule has 0 aliphatic heterocycles. The van der Waals surface area contributed by atoms with Gasteiger partial charge in [0.2, 0.25) is 0 Å². The highest BCUT2D eigenvalue weighted by atomic mass is 35.5. The number of nitrogens with one attached hydrogen (secondary N) is 1. The Kier molecular flexibility index (Phi) is 4.69. The summed E-state index contributed by atoms with van der Waals surface area (Å²) in [4.78, 5) is 11.8. The van der Waals surface area contributed by atoms with Crippen LogP contribution in [0, 0.1) is 11.6 Å². The van der Waals surface area contributed by atoms with E-state index in [0.717, 1.165) is 11.6 Å². The van der Waals surface area contributed by atoms with Crippen LogP contribution in [0.1, 0.15) is 15.9 Å². The number of rotatable bonds is 4. The lowest BCUT2D eigenvalue weighted by atomic mass is 10.1. The molecule has 0 bridgehead atoms. The first-order valence-electron chi connectivity index (χ1n) is 6.04. The number of halogens is 3. The molecule has 5 heteroatoms. The molecule has 2 nitrogen and oxygen atoms in total. The monoisotopic (exact) mass is 295 g/mol. The predicted molar refractivity (Wildman–Crippen MR) is 73.8 cm³/mol. The Bertz CT molecular complexity index is 631. The molecule has 1 N–H and O–H groups in total. The van der Waals surface area contributed by atoms with Crippen molar-refractivity contribution in [2.75, 3.05) is 6.54 Å². The standard InChI is InChI=1S/C15H12ClF2NO/c16-14-9-12(18)4-5-13(14)15(20)19-7-6-10-2-1-3-11(17)8-10/h1-5,8-9H,6-7H2,(H,19,20). The van der Waals surface area contributed by atoms with E-state index in [0.29, 0.717) is 13.0 Å². The van der Waals surface area contributed by atoms with Gasteiger partial charge in [-0.2, -0.15) is 0 Å². The van der Waals surface area contributed by atoms with Crippen LogP contribution in [0.15, 0.2) is 42.5 Å². The lowest BCUT2D eigenvalue weighted by molar-refractivity contribution is 0.0954. The third-order valence-electron chi connectivity index (χ3n) is 2.76. The van der Waals surface area contributed by atoms with Crippen molar-refractivity contribution in [2.45, 2.75) is 6.42 Å². The zero-order valence-corrected chi connectivity index (χ0v) is 11.3. The van der Waals surface area contributed by atoms with Gasteiger partial charge in [-0.15, -0.1) is 0 Å². The summed E-state index contributed by atoms with van der Waals surface area (Å²) >= 11 is 5.79.